The van der Waals surface area contributed by atoms with E-state index in [-0.39, 0.29) is 16.9 Å². The molecule has 114 valence electrons. The Morgan fingerprint density at radius 2 is 1.95 bits per heavy atom. The van der Waals surface area contributed by atoms with Gasteiger partial charge in [-0.2, -0.15) is 0 Å². The van der Waals surface area contributed by atoms with Gasteiger partial charge in [0.1, 0.15) is 0 Å². The molecule has 0 aliphatic carbocycles. The summed E-state index contributed by atoms with van der Waals surface area (Å²) in [6, 6.07) is 10.8. The summed E-state index contributed by atoms with van der Waals surface area (Å²) in [5.74, 6) is -0.778. The zero-order chi connectivity index (χ0) is 15.1. The predicted octanol–water partition coefficient (Wildman–Crippen LogP) is 3.29. The summed E-state index contributed by atoms with van der Waals surface area (Å²) < 4.78 is 0. The van der Waals surface area contributed by atoms with Crippen molar-refractivity contribution in [1.82, 2.24) is 4.90 Å². The van der Waals surface area contributed by atoms with Crippen LogP contribution in [0.25, 0.3) is 0 Å². The zero-order valence-electron chi connectivity index (χ0n) is 13.0. The van der Waals surface area contributed by atoms with E-state index in [9.17, 15) is 9.90 Å². The van der Waals surface area contributed by atoms with Crippen LogP contribution in [0.3, 0.4) is 0 Å². The number of hydrogen-bond acceptors (Lipinski definition) is 2. The molecule has 3 nitrogen and oxygen atoms in total. The lowest BCUT2D eigenvalue weighted by molar-refractivity contribution is -0.147. The van der Waals surface area contributed by atoms with Crippen molar-refractivity contribution in [3.8, 4) is 0 Å². The average molecular weight is 287 g/mol. The summed E-state index contributed by atoms with van der Waals surface area (Å²) >= 11 is 0. The minimum atomic E-state index is -0.618. The van der Waals surface area contributed by atoms with Crippen LogP contribution in [0.15, 0.2) is 30.3 Å². The average Bonchev–Trinajstić information content (AvgIpc) is 2.48. The van der Waals surface area contributed by atoms with Crippen LogP contribution in [0, 0.1) is 5.92 Å². The fraction of sp³-hybridized carbons (Fsp3) is 0.611. The molecule has 0 aromatic heterocycles. The van der Waals surface area contributed by atoms with E-state index < -0.39 is 5.97 Å². The van der Waals surface area contributed by atoms with Gasteiger partial charge in [-0.1, -0.05) is 37.3 Å². The minimum absolute atomic E-state index is 0.0651. The maximum atomic E-state index is 11.3. The first kappa shape index (κ1) is 14.6. The summed E-state index contributed by atoms with van der Waals surface area (Å²) in [5, 5.41) is 9.31. The van der Waals surface area contributed by atoms with E-state index in [4.69, 9.17) is 0 Å². The van der Waals surface area contributed by atoms with Gasteiger partial charge in [-0.25, -0.2) is 0 Å². The highest BCUT2D eigenvalue weighted by Crippen LogP contribution is 2.45. The molecule has 2 heterocycles. The lowest BCUT2D eigenvalue weighted by atomic mass is 9.67. The SMILES string of the molecule is CC1(c2ccccc2)CCC2(C)CC(C(=O)O)CCN2C1. The van der Waals surface area contributed by atoms with Gasteiger partial charge in [-0.3, -0.25) is 9.69 Å². The standard InChI is InChI=1S/C18H25NO2/c1-17(15-6-4-3-5-7-15)9-10-18(2)12-14(16(20)21)8-11-19(18)13-17/h3-7,14H,8-13H2,1-2H3,(H,20,21). The van der Waals surface area contributed by atoms with Crippen molar-refractivity contribution < 1.29 is 9.90 Å². The van der Waals surface area contributed by atoms with Gasteiger partial charge in [-0.15, -0.1) is 0 Å². The highest BCUT2D eigenvalue weighted by Gasteiger charge is 2.47. The highest BCUT2D eigenvalue weighted by molar-refractivity contribution is 5.70. The molecule has 2 saturated heterocycles. The van der Waals surface area contributed by atoms with E-state index in [1.165, 1.54) is 5.56 Å². The molecule has 0 spiro atoms. The summed E-state index contributed by atoms with van der Waals surface area (Å²) in [7, 11) is 0. The Hall–Kier alpha value is -1.35. The Morgan fingerprint density at radius 1 is 1.24 bits per heavy atom. The molecule has 1 aromatic rings. The van der Waals surface area contributed by atoms with Crippen molar-refractivity contribution in [3.05, 3.63) is 35.9 Å². The maximum absolute atomic E-state index is 11.3. The minimum Gasteiger partial charge on any atom is -0.481 e. The van der Waals surface area contributed by atoms with Crippen molar-refractivity contribution in [1.29, 1.82) is 0 Å². The number of nitrogens with zero attached hydrogens (tertiary/aromatic N) is 1. The summed E-state index contributed by atoms with van der Waals surface area (Å²) in [4.78, 5) is 13.8. The Kier molecular flexibility index (Phi) is 3.56. The van der Waals surface area contributed by atoms with Crippen LogP contribution < -0.4 is 0 Å². The Morgan fingerprint density at radius 3 is 2.62 bits per heavy atom. The van der Waals surface area contributed by atoms with Gasteiger partial charge in [0.15, 0.2) is 0 Å². The van der Waals surface area contributed by atoms with E-state index >= 15 is 0 Å². The number of carboxylic acid groups (broad SMARTS) is 1. The number of carbonyl (C=O) groups is 1. The van der Waals surface area contributed by atoms with Gasteiger partial charge in [0.05, 0.1) is 5.92 Å². The Balaban J connectivity index is 1.80. The molecule has 2 aliphatic rings. The molecular formula is C18H25NO2. The maximum Gasteiger partial charge on any atom is 0.306 e. The molecular weight excluding hydrogens is 262 g/mol. The number of carboxylic acids is 1. The number of aliphatic carboxylic acids is 1. The van der Waals surface area contributed by atoms with Crippen LogP contribution in [0.5, 0.6) is 0 Å². The molecule has 3 unspecified atom stereocenters. The second-order valence-electron chi connectivity index (χ2n) is 7.37. The number of piperidine rings is 2. The van der Waals surface area contributed by atoms with E-state index in [1.54, 1.807) is 0 Å². The van der Waals surface area contributed by atoms with Gasteiger partial charge in [0.25, 0.3) is 0 Å². The lowest BCUT2D eigenvalue weighted by Gasteiger charge is -2.55. The second-order valence-corrected chi connectivity index (χ2v) is 7.37. The zero-order valence-corrected chi connectivity index (χ0v) is 13.0. The van der Waals surface area contributed by atoms with E-state index in [0.29, 0.717) is 0 Å². The fourth-order valence-electron chi connectivity index (χ4n) is 4.21. The molecule has 0 amide bonds. The topological polar surface area (TPSA) is 40.5 Å². The van der Waals surface area contributed by atoms with Gasteiger partial charge in [-0.05, 0) is 44.7 Å². The summed E-state index contributed by atoms with van der Waals surface area (Å²) in [6.45, 7) is 6.56. The third-order valence-electron chi connectivity index (χ3n) is 5.77. The molecule has 2 fully saturated rings. The van der Waals surface area contributed by atoms with Crippen LogP contribution in [-0.4, -0.2) is 34.6 Å². The van der Waals surface area contributed by atoms with Crippen LogP contribution >= 0.6 is 0 Å². The van der Waals surface area contributed by atoms with Gasteiger partial charge in [0.2, 0.25) is 0 Å². The Bertz CT molecular complexity index is 529. The quantitative estimate of drug-likeness (QED) is 0.907. The van der Waals surface area contributed by atoms with Crippen molar-refractivity contribution in [3.63, 3.8) is 0 Å². The molecule has 21 heavy (non-hydrogen) atoms. The summed E-state index contributed by atoms with van der Waals surface area (Å²) in [5.41, 5.74) is 1.67. The molecule has 3 atom stereocenters. The number of rotatable bonds is 2. The third-order valence-corrected chi connectivity index (χ3v) is 5.77. The molecule has 0 bridgehead atoms. The smallest absolute Gasteiger partial charge is 0.306 e. The molecule has 1 aromatic carbocycles. The third kappa shape index (κ3) is 2.59. The van der Waals surface area contributed by atoms with Gasteiger partial charge >= 0.3 is 5.97 Å². The monoisotopic (exact) mass is 287 g/mol. The van der Waals surface area contributed by atoms with E-state index in [2.05, 4.69) is 49.1 Å². The first-order valence-electron chi connectivity index (χ1n) is 7.96. The predicted molar refractivity (Wildman–Crippen MR) is 83.4 cm³/mol. The largest absolute Gasteiger partial charge is 0.481 e. The molecule has 0 radical (unpaired) electrons. The number of fused-ring (bicyclic) bond motifs is 1. The summed E-state index contributed by atoms with van der Waals surface area (Å²) in [6.07, 6.45) is 3.81. The molecule has 0 saturated carbocycles. The second kappa shape index (κ2) is 5.13. The first-order valence-corrected chi connectivity index (χ1v) is 7.96. The van der Waals surface area contributed by atoms with Crippen LogP contribution in [0.2, 0.25) is 0 Å². The molecule has 3 rings (SSSR count). The highest BCUT2D eigenvalue weighted by atomic mass is 16.4. The van der Waals surface area contributed by atoms with Crippen molar-refractivity contribution in [2.75, 3.05) is 13.1 Å². The van der Waals surface area contributed by atoms with E-state index in [0.717, 1.165) is 38.8 Å². The van der Waals surface area contributed by atoms with Crippen LogP contribution in [0.1, 0.15) is 45.1 Å². The lowest BCUT2D eigenvalue weighted by Crippen LogP contribution is -2.60. The number of benzene rings is 1. The molecule has 3 heteroatoms. The molecule has 2 aliphatic heterocycles. The van der Waals surface area contributed by atoms with Crippen LogP contribution in [-0.2, 0) is 10.2 Å². The van der Waals surface area contributed by atoms with Crippen molar-refractivity contribution in [2.45, 2.75) is 50.5 Å². The fourth-order valence-corrected chi connectivity index (χ4v) is 4.21. The number of hydrogen-bond donors (Lipinski definition) is 1. The van der Waals surface area contributed by atoms with Crippen molar-refractivity contribution in [2.24, 2.45) is 5.92 Å². The van der Waals surface area contributed by atoms with Gasteiger partial charge in [0, 0.05) is 17.5 Å². The van der Waals surface area contributed by atoms with Crippen molar-refractivity contribution >= 4 is 5.97 Å². The van der Waals surface area contributed by atoms with Crippen LogP contribution in [0.4, 0.5) is 0 Å². The van der Waals surface area contributed by atoms with Gasteiger partial charge < -0.3 is 5.11 Å². The molecule has 1 N–H and O–H groups in total. The normalized spacial score (nSPS) is 37.0. The van der Waals surface area contributed by atoms with E-state index in [1.807, 2.05) is 0 Å². The first-order chi connectivity index (χ1) is 9.93. The Labute approximate surface area is 127 Å².